The zero-order valence-corrected chi connectivity index (χ0v) is 11.1. The number of carboxylic acids is 1. The molecule has 0 aliphatic heterocycles. The van der Waals surface area contributed by atoms with Gasteiger partial charge >= 0.3 is 12.0 Å². The number of amides is 2. The number of hydrogen-bond acceptors (Lipinski definition) is 2. The molecule has 1 fully saturated rings. The second-order valence-corrected chi connectivity index (χ2v) is 5.00. The molecule has 2 atom stereocenters. The summed E-state index contributed by atoms with van der Waals surface area (Å²) in [5.41, 5.74) is 0. The van der Waals surface area contributed by atoms with Crippen LogP contribution in [0.15, 0.2) is 0 Å². The first-order valence-corrected chi connectivity index (χ1v) is 6.89. The van der Waals surface area contributed by atoms with Gasteiger partial charge in [0.15, 0.2) is 0 Å². The van der Waals surface area contributed by atoms with Gasteiger partial charge in [0.1, 0.15) is 0 Å². The van der Waals surface area contributed by atoms with Gasteiger partial charge in [-0.2, -0.15) is 0 Å². The Morgan fingerprint density at radius 3 is 2.72 bits per heavy atom. The summed E-state index contributed by atoms with van der Waals surface area (Å²) >= 11 is 0. The molecule has 1 aliphatic carbocycles. The van der Waals surface area contributed by atoms with Crippen LogP contribution in [0.5, 0.6) is 0 Å². The predicted molar refractivity (Wildman–Crippen MR) is 69.4 cm³/mol. The Morgan fingerprint density at radius 1 is 1.28 bits per heavy atom. The van der Waals surface area contributed by atoms with E-state index < -0.39 is 5.97 Å². The van der Waals surface area contributed by atoms with Crippen LogP contribution in [0.1, 0.15) is 51.9 Å². The van der Waals surface area contributed by atoms with Gasteiger partial charge in [0.25, 0.3) is 0 Å². The Labute approximate surface area is 108 Å². The van der Waals surface area contributed by atoms with E-state index in [1.54, 1.807) is 0 Å². The van der Waals surface area contributed by atoms with Gasteiger partial charge in [-0.15, -0.1) is 0 Å². The standard InChI is InChI=1S/C13H24N2O3/c1-2-6-10-9-11(10)15-13(18)14-8-5-3-4-7-12(16)17/h10-11H,2-9H2,1H3,(H,16,17)(H2,14,15,18). The lowest BCUT2D eigenvalue weighted by Crippen LogP contribution is -2.37. The second-order valence-electron chi connectivity index (χ2n) is 5.00. The number of carboxylic acid groups (broad SMARTS) is 1. The van der Waals surface area contributed by atoms with Crippen LogP contribution in [0, 0.1) is 5.92 Å². The van der Waals surface area contributed by atoms with E-state index in [4.69, 9.17) is 5.11 Å². The van der Waals surface area contributed by atoms with Crippen LogP contribution in [0.3, 0.4) is 0 Å². The average molecular weight is 256 g/mol. The number of hydrogen-bond donors (Lipinski definition) is 3. The number of unbranched alkanes of at least 4 members (excludes halogenated alkanes) is 2. The van der Waals surface area contributed by atoms with Crippen molar-refractivity contribution in [2.45, 2.75) is 57.9 Å². The zero-order valence-electron chi connectivity index (χ0n) is 11.1. The van der Waals surface area contributed by atoms with Crippen molar-refractivity contribution in [2.24, 2.45) is 5.92 Å². The first-order valence-electron chi connectivity index (χ1n) is 6.89. The lowest BCUT2D eigenvalue weighted by atomic mass is 10.2. The fraction of sp³-hybridized carbons (Fsp3) is 0.846. The van der Waals surface area contributed by atoms with Gasteiger partial charge in [-0.25, -0.2) is 4.79 Å². The van der Waals surface area contributed by atoms with Crippen molar-refractivity contribution in [1.29, 1.82) is 0 Å². The maximum Gasteiger partial charge on any atom is 0.315 e. The molecule has 0 saturated heterocycles. The molecule has 1 aliphatic rings. The van der Waals surface area contributed by atoms with Gasteiger partial charge in [0.2, 0.25) is 0 Å². The fourth-order valence-electron chi connectivity index (χ4n) is 2.11. The van der Waals surface area contributed by atoms with Gasteiger partial charge in [0.05, 0.1) is 0 Å². The van der Waals surface area contributed by atoms with Crippen LogP contribution in [0.2, 0.25) is 0 Å². The van der Waals surface area contributed by atoms with Gasteiger partial charge in [0, 0.05) is 19.0 Å². The smallest absolute Gasteiger partial charge is 0.315 e. The van der Waals surface area contributed by atoms with Crippen molar-refractivity contribution < 1.29 is 14.7 Å². The number of urea groups is 1. The molecule has 0 aromatic carbocycles. The Morgan fingerprint density at radius 2 is 2.06 bits per heavy atom. The highest BCUT2D eigenvalue weighted by atomic mass is 16.4. The van der Waals surface area contributed by atoms with Crippen molar-refractivity contribution >= 4 is 12.0 Å². The van der Waals surface area contributed by atoms with Crippen LogP contribution < -0.4 is 10.6 Å². The third-order valence-corrected chi connectivity index (χ3v) is 3.25. The summed E-state index contributed by atoms with van der Waals surface area (Å²) in [5.74, 6) is -0.0762. The van der Waals surface area contributed by atoms with E-state index in [2.05, 4.69) is 17.6 Å². The summed E-state index contributed by atoms with van der Waals surface area (Å²) in [6.07, 6.45) is 6.05. The van der Waals surface area contributed by atoms with E-state index in [-0.39, 0.29) is 12.5 Å². The summed E-state index contributed by atoms with van der Waals surface area (Å²) in [4.78, 5) is 21.7. The first kappa shape index (κ1) is 14.8. The number of carbonyl (C=O) groups is 2. The van der Waals surface area contributed by atoms with E-state index in [1.165, 1.54) is 12.8 Å². The summed E-state index contributed by atoms with van der Waals surface area (Å²) in [6, 6.07) is 0.286. The molecule has 0 heterocycles. The Balaban J connectivity index is 1.90. The molecule has 104 valence electrons. The summed E-state index contributed by atoms with van der Waals surface area (Å²) in [5, 5.41) is 14.2. The highest BCUT2D eigenvalue weighted by Crippen LogP contribution is 2.34. The van der Waals surface area contributed by atoms with Gasteiger partial charge < -0.3 is 15.7 Å². The van der Waals surface area contributed by atoms with Crippen molar-refractivity contribution in [3.8, 4) is 0 Å². The Kier molecular flexibility index (Phi) is 6.54. The minimum Gasteiger partial charge on any atom is -0.481 e. The third-order valence-electron chi connectivity index (χ3n) is 3.25. The summed E-state index contributed by atoms with van der Waals surface area (Å²) < 4.78 is 0. The molecule has 0 spiro atoms. The topological polar surface area (TPSA) is 78.4 Å². The summed E-state index contributed by atoms with van der Waals surface area (Å²) in [6.45, 7) is 2.78. The molecule has 18 heavy (non-hydrogen) atoms. The van der Waals surface area contributed by atoms with Crippen LogP contribution >= 0.6 is 0 Å². The molecule has 0 radical (unpaired) electrons. The number of nitrogens with one attached hydrogen (secondary N) is 2. The van der Waals surface area contributed by atoms with E-state index in [9.17, 15) is 9.59 Å². The van der Waals surface area contributed by atoms with E-state index in [0.717, 1.165) is 19.3 Å². The maximum atomic E-state index is 11.5. The minimum absolute atomic E-state index is 0.0863. The molecule has 1 rings (SSSR count). The van der Waals surface area contributed by atoms with Crippen molar-refractivity contribution in [3.63, 3.8) is 0 Å². The van der Waals surface area contributed by atoms with Crippen molar-refractivity contribution in [3.05, 3.63) is 0 Å². The Hall–Kier alpha value is -1.26. The molecule has 5 heteroatoms. The number of aliphatic carboxylic acids is 1. The molecule has 2 amide bonds. The largest absolute Gasteiger partial charge is 0.481 e. The van der Waals surface area contributed by atoms with Crippen molar-refractivity contribution in [1.82, 2.24) is 10.6 Å². The Bertz CT molecular complexity index is 281. The van der Waals surface area contributed by atoms with Crippen LogP contribution in [-0.4, -0.2) is 29.7 Å². The molecule has 1 saturated carbocycles. The third kappa shape index (κ3) is 6.47. The quantitative estimate of drug-likeness (QED) is 0.553. The summed E-state index contributed by atoms with van der Waals surface area (Å²) in [7, 11) is 0. The van der Waals surface area contributed by atoms with Crippen LogP contribution in [-0.2, 0) is 4.79 Å². The molecular weight excluding hydrogens is 232 g/mol. The lowest BCUT2D eigenvalue weighted by Gasteiger charge is -2.06. The highest BCUT2D eigenvalue weighted by Gasteiger charge is 2.36. The molecule has 0 aromatic heterocycles. The average Bonchev–Trinajstić information content (AvgIpc) is 3.01. The maximum absolute atomic E-state index is 11.5. The fourth-order valence-corrected chi connectivity index (χ4v) is 2.11. The predicted octanol–water partition coefficient (Wildman–Crippen LogP) is 2.12. The normalized spacial score (nSPS) is 21.4. The van der Waals surface area contributed by atoms with Crippen LogP contribution in [0.4, 0.5) is 4.79 Å². The first-order chi connectivity index (χ1) is 8.63. The van der Waals surface area contributed by atoms with Crippen LogP contribution in [0.25, 0.3) is 0 Å². The zero-order chi connectivity index (χ0) is 13.4. The minimum atomic E-state index is -0.753. The molecule has 0 aromatic rings. The second kappa shape index (κ2) is 7.95. The molecular formula is C13H24N2O3. The number of carbonyl (C=O) groups excluding carboxylic acids is 1. The van der Waals surface area contributed by atoms with Gasteiger partial charge in [-0.1, -0.05) is 19.8 Å². The van der Waals surface area contributed by atoms with Gasteiger partial charge in [-0.05, 0) is 31.6 Å². The SMILES string of the molecule is CCCC1CC1NC(=O)NCCCCCC(=O)O. The highest BCUT2D eigenvalue weighted by molar-refractivity contribution is 5.74. The monoisotopic (exact) mass is 256 g/mol. The van der Waals surface area contributed by atoms with Crippen molar-refractivity contribution in [2.75, 3.05) is 6.54 Å². The van der Waals surface area contributed by atoms with E-state index in [0.29, 0.717) is 24.9 Å². The van der Waals surface area contributed by atoms with E-state index in [1.807, 2.05) is 0 Å². The molecule has 0 bridgehead atoms. The van der Waals surface area contributed by atoms with E-state index >= 15 is 0 Å². The molecule has 3 N–H and O–H groups in total. The number of rotatable bonds is 9. The molecule has 2 unspecified atom stereocenters. The lowest BCUT2D eigenvalue weighted by molar-refractivity contribution is -0.137. The van der Waals surface area contributed by atoms with Gasteiger partial charge in [-0.3, -0.25) is 4.79 Å². The molecule has 5 nitrogen and oxygen atoms in total.